The molecule has 0 aromatic rings. The van der Waals surface area contributed by atoms with E-state index in [0.29, 0.717) is 6.42 Å². The standard InChI is InChI=1S/C6H12O.C6H10.C5H10O2.H2O/c7-6-4-2-1-3-5-6;1-2-4-6-5-3-1;6-4-2-1-3-5-7;/h6-7H,1-5H2;1-2H,3-6H2;4,7H,1-3,5H2;1H2/p+1. The Hall–Kier alpha value is -0.710. The lowest BCUT2D eigenvalue weighted by Gasteiger charge is -2.14. The van der Waals surface area contributed by atoms with Crippen LogP contribution in [0.15, 0.2) is 12.2 Å². The summed E-state index contributed by atoms with van der Waals surface area (Å²) in [4.78, 5) is 9.60. The Morgan fingerprint density at radius 1 is 1.00 bits per heavy atom. The number of unbranched alkanes of at least 4 members (excludes halogenated alkanes) is 2. The van der Waals surface area contributed by atoms with Crippen LogP contribution < -0.4 is 0 Å². The lowest BCUT2D eigenvalue weighted by Crippen LogP contribution is -2.09. The fraction of sp³-hybridized carbons (Fsp3) is 0.824. The summed E-state index contributed by atoms with van der Waals surface area (Å²) in [6.45, 7) is 0.202. The fourth-order valence-corrected chi connectivity index (χ4v) is 2.18. The van der Waals surface area contributed by atoms with Gasteiger partial charge in [0.1, 0.15) is 6.29 Å². The number of carbonyl (C=O) groups is 1. The van der Waals surface area contributed by atoms with E-state index in [0.717, 1.165) is 32.0 Å². The lowest BCUT2D eigenvalue weighted by atomic mass is 9.98. The van der Waals surface area contributed by atoms with Gasteiger partial charge in [0, 0.05) is 13.0 Å². The molecule has 0 aromatic carbocycles. The molecule has 0 heterocycles. The Kier molecular flexibility index (Phi) is 20.7. The van der Waals surface area contributed by atoms with Crippen molar-refractivity contribution in [2.45, 2.75) is 83.2 Å². The number of aldehydes is 1. The molecule has 4 heteroatoms. The monoisotopic (exact) mass is 303 g/mol. The van der Waals surface area contributed by atoms with Gasteiger partial charge in [-0.25, -0.2) is 0 Å². The van der Waals surface area contributed by atoms with Crippen LogP contribution in [0.4, 0.5) is 0 Å². The van der Waals surface area contributed by atoms with Gasteiger partial charge in [0.2, 0.25) is 0 Å². The smallest absolute Gasteiger partial charge is 0.412 e. The van der Waals surface area contributed by atoms with E-state index < -0.39 is 0 Å². The molecule has 2 aliphatic rings. The van der Waals surface area contributed by atoms with E-state index >= 15 is 0 Å². The number of hydrogen-bond acceptors (Lipinski definition) is 3. The van der Waals surface area contributed by atoms with Gasteiger partial charge in [-0.1, -0.05) is 31.4 Å². The Balaban J connectivity index is -0.000000236. The molecule has 0 aromatic heterocycles. The molecule has 0 amide bonds. The molecule has 126 valence electrons. The molecular formula is C17H35O4+. The summed E-state index contributed by atoms with van der Waals surface area (Å²) in [7, 11) is 0. The first kappa shape index (κ1) is 22.6. The molecule has 21 heavy (non-hydrogen) atoms. The van der Waals surface area contributed by atoms with Crippen LogP contribution in [0.3, 0.4) is 0 Å². The Labute approximate surface area is 131 Å². The quantitative estimate of drug-likeness (QED) is 0.475. The van der Waals surface area contributed by atoms with Gasteiger partial charge in [0.05, 0.1) is 6.10 Å². The van der Waals surface area contributed by atoms with Crippen LogP contribution in [0, 0.1) is 0 Å². The van der Waals surface area contributed by atoms with E-state index in [4.69, 9.17) is 10.2 Å². The fourth-order valence-electron chi connectivity index (χ4n) is 2.18. The molecule has 0 spiro atoms. The van der Waals surface area contributed by atoms with Crippen molar-refractivity contribution in [3.8, 4) is 0 Å². The average Bonchev–Trinajstić information content (AvgIpc) is 2.52. The van der Waals surface area contributed by atoms with Gasteiger partial charge in [0.25, 0.3) is 0 Å². The molecule has 0 radical (unpaired) electrons. The van der Waals surface area contributed by atoms with Crippen molar-refractivity contribution in [2.75, 3.05) is 6.61 Å². The van der Waals surface area contributed by atoms with Crippen LogP contribution in [0.25, 0.3) is 0 Å². The number of allylic oxidation sites excluding steroid dienone is 2. The second-order valence-corrected chi connectivity index (χ2v) is 5.43. The summed E-state index contributed by atoms with van der Waals surface area (Å²) in [5.74, 6) is 0. The summed E-state index contributed by atoms with van der Waals surface area (Å²) in [6, 6.07) is 0. The molecule has 0 saturated heterocycles. The summed E-state index contributed by atoms with van der Waals surface area (Å²) >= 11 is 0. The first-order valence-electron chi connectivity index (χ1n) is 8.18. The van der Waals surface area contributed by atoms with Crippen LogP contribution >= 0.6 is 0 Å². The SMILES string of the molecule is C1=CCCCC1.O.O=CCCCCO.OC1CCCCC1.[H+]. The van der Waals surface area contributed by atoms with E-state index in [1.54, 1.807) is 0 Å². The van der Waals surface area contributed by atoms with Gasteiger partial charge in [-0.2, -0.15) is 0 Å². The molecule has 4 nitrogen and oxygen atoms in total. The van der Waals surface area contributed by atoms with Crippen molar-refractivity contribution in [3.63, 3.8) is 0 Å². The van der Waals surface area contributed by atoms with Gasteiger partial charge in [-0.15, -0.1) is 0 Å². The van der Waals surface area contributed by atoms with Crippen molar-refractivity contribution in [1.29, 1.82) is 0 Å². The van der Waals surface area contributed by atoms with Crippen molar-refractivity contribution in [2.24, 2.45) is 0 Å². The van der Waals surface area contributed by atoms with Crippen LogP contribution in [0.5, 0.6) is 0 Å². The van der Waals surface area contributed by atoms with Crippen molar-refractivity contribution < 1.29 is 21.9 Å². The van der Waals surface area contributed by atoms with Crippen LogP contribution in [-0.4, -0.2) is 34.7 Å². The third kappa shape index (κ3) is 19.3. The highest BCUT2D eigenvalue weighted by atomic mass is 16.3. The van der Waals surface area contributed by atoms with Crippen molar-refractivity contribution >= 4 is 6.29 Å². The highest BCUT2D eigenvalue weighted by Crippen LogP contribution is 2.16. The van der Waals surface area contributed by atoms with E-state index in [2.05, 4.69) is 12.2 Å². The zero-order valence-electron chi connectivity index (χ0n) is 14.3. The molecule has 0 bridgehead atoms. The molecule has 0 atom stereocenters. The molecule has 1 fully saturated rings. The summed E-state index contributed by atoms with van der Waals surface area (Å²) in [5, 5.41) is 17.1. The van der Waals surface area contributed by atoms with Gasteiger partial charge in [0.15, 0.2) is 0 Å². The summed E-state index contributed by atoms with van der Waals surface area (Å²) < 4.78 is 0. The van der Waals surface area contributed by atoms with Gasteiger partial charge in [-0.05, 0) is 51.4 Å². The number of aliphatic hydroxyl groups excluding tert-OH is 2. The number of rotatable bonds is 4. The summed E-state index contributed by atoms with van der Waals surface area (Å²) in [5.41, 5.74) is 0. The number of aliphatic hydroxyl groups is 2. The first-order valence-corrected chi connectivity index (χ1v) is 8.18. The summed E-state index contributed by atoms with van der Waals surface area (Å²) in [6.07, 6.45) is 18.9. The minimum atomic E-state index is 0. The Morgan fingerprint density at radius 2 is 1.57 bits per heavy atom. The first-order chi connectivity index (χ1) is 9.81. The Bertz CT molecular complexity index is 221. The molecule has 2 aliphatic carbocycles. The largest absolute Gasteiger partial charge is 1.00 e. The van der Waals surface area contributed by atoms with E-state index in [1.807, 2.05) is 0 Å². The van der Waals surface area contributed by atoms with Crippen molar-refractivity contribution in [3.05, 3.63) is 12.2 Å². The normalized spacial score (nSPS) is 17.4. The molecule has 4 N–H and O–H groups in total. The highest BCUT2D eigenvalue weighted by molar-refractivity contribution is 5.48. The third-order valence-electron chi connectivity index (χ3n) is 3.46. The predicted molar refractivity (Wildman–Crippen MR) is 88.4 cm³/mol. The number of hydrogen-bond donors (Lipinski definition) is 2. The highest BCUT2D eigenvalue weighted by Gasteiger charge is 2.07. The minimum Gasteiger partial charge on any atom is -0.412 e. The second kappa shape index (κ2) is 19.3. The second-order valence-electron chi connectivity index (χ2n) is 5.43. The molecule has 1 saturated carbocycles. The molecular weight excluding hydrogens is 268 g/mol. The zero-order valence-corrected chi connectivity index (χ0v) is 13.3. The molecule has 0 unspecified atom stereocenters. The topological polar surface area (TPSA) is 89.0 Å². The van der Waals surface area contributed by atoms with Crippen molar-refractivity contribution in [1.82, 2.24) is 0 Å². The Morgan fingerprint density at radius 3 is 1.86 bits per heavy atom. The lowest BCUT2D eigenvalue weighted by molar-refractivity contribution is -0.107. The van der Waals surface area contributed by atoms with Crippen LogP contribution in [-0.2, 0) is 4.79 Å². The van der Waals surface area contributed by atoms with Crippen LogP contribution in [0.1, 0.15) is 78.5 Å². The maximum atomic E-state index is 9.60. The maximum Gasteiger partial charge on any atom is 1.00 e. The van der Waals surface area contributed by atoms with E-state index in [9.17, 15) is 4.79 Å². The van der Waals surface area contributed by atoms with E-state index in [-0.39, 0.29) is 19.6 Å². The van der Waals surface area contributed by atoms with Crippen LogP contribution in [0.2, 0.25) is 0 Å². The van der Waals surface area contributed by atoms with E-state index in [1.165, 1.54) is 44.9 Å². The number of carbonyl (C=O) groups excluding carboxylic acids is 1. The van der Waals surface area contributed by atoms with Gasteiger partial charge >= 0.3 is 1.43 Å². The van der Waals surface area contributed by atoms with Gasteiger partial charge in [-0.3, -0.25) is 0 Å². The zero-order chi connectivity index (χ0) is 14.9. The molecule has 2 rings (SSSR count). The average molecular weight is 303 g/mol. The third-order valence-corrected chi connectivity index (χ3v) is 3.46. The predicted octanol–water partition coefficient (Wildman–Crippen LogP) is 3.06. The molecule has 0 aliphatic heterocycles. The maximum absolute atomic E-state index is 9.60. The minimum absolute atomic E-state index is 0. The van der Waals surface area contributed by atoms with Gasteiger partial charge < -0.3 is 20.5 Å².